The van der Waals surface area contributed by atoms with E-state index in [1.54, 1.807) is 11.3 Å². The fraction of sp³-hybridized carbons (Fsp3) is 0.409. The number of amides is 1. The molecule has 1 amide bonds. The Morgan fingerprint density at radius 3 is 2.68 bits per heavy atom. The number of carbonyl (C=O) groups excluding carboxylic acids is 1. The molecule has 1 N–H and O–H groups in total. The number of nitrogens with zero attached hydrogens (tertiary/aromatic N) is 2. The van der Waals surface area contributed by atoms with Crippen LogP contribution in [0.4, 0.5) is 5.69 Å². The summed E-state index contributed by atoms with van der Waals surface area (Å²) in [4.78, 5) is 23.8. The van der Waals surface area contributed by atoms with Crippen molar-refractivity contribution in [1.82, 2.24) is 0 Å². The highest BCUT2D eigenvalue weighted by Gasteiger charge is 2.37. The van der Waals surface area contributed by atoms with Crippen molar-refractivity contribution in [3.8, 4) is 0 Å². The minimum absolute atomic E-state index is 0.00866. The quantitative estimate of drug-likeness (QED) is 0.704. The molecule has 6 heteroatoms. The van der Waals surface area contributed by atoms with Crippen LogP contribution in [0.1, 0.15) is 49.0 Å². The maximum absolute atomic E-state index is 12.5. The van der Waals surface area contributed by atoms with Crippen molar-refractivity contribution in [3.63, 3.8) is 0 Å². The number of rotatable bonds is 4. The number of aliphatic imine (C=N–C) groups is 2. The van der Waals surface area contributed by atoms with Gasteiger partial charge in [0.05, 0.1) is 10.6 Å². The molecule has 0 bridgehead atoms. The van der Waals surface area contributed by atoms with Crippen molar-refractivity contribution in [3.05, 3.63) is 52.2 Å². The predicted molar refractivity (Wildman–Crippen MR) is 121 cm³/mol. The molecule has 146 valence electrons. The van der Waals surface area contributed by atoms with E-state index in [9.17, 15) is 4.79 Å². The second-order valence-electron chi connectivity index (χ2n) is 7.46. The first-order chi connectivity index (χ1) is 13.6. The lowest BCUT2D eigenvalue weighted by Gasteiger charge is -2.20. The standard InChI is InChI=1S/C22H25N3OS2/c1-16-8-6-9-17(14-16)23-19(26)15-28-21-20(18-10-7-13-27-18)24-22(25-21)11-4-2-3-5-12-22/h6-10,13-14H,2-5,11-12,15H2,1H3,(H,23,26). The average Bonchev–Trinajstić information content (AvgIpc) is 3.25. The molecule has 4 nitrogen and oxygen atoms in total. The summed E-state index contributed by atoms with van der Waals surface area (Å²) in [6.45, 7) is 2.02. The van der Waals surface area contributed by atoms with Crippen LogP contribution in [0, 0.1) is 6.92 Å². The Hall–Kier alpha value is -1.92. The number of carbonyl (C=O) groups is 1. The number of thioether (sulfide) groups is 1. The van der Waals surface area contributed by atoms with E-state index >= 15 is 0 Å². The highest BCUT2D eigenvalue weighted by Crippen LogP contribution is 2.38. The van der Waals surface area contributed by atoms with Gasteiger partial charge in [-0.3, -0.25) is 9.79 Å². The molecule has 4 rings (SSSR count). The smallest absolute Gasteiger partial charge is 0.234 e. The van der Waals surface area contributed by atoms with Crippen molar-refractivity contribution in [2.24, 2.45) is 9.98 Å². The van der Waals surface area contributed by atoms with Gasteiger partial charge in [-0.2, -0.15) is 0 Å². The van der Waals surface area contributed by atoms with E-state index in [1.165, 1.54) is 37.4 Å². The zero-order valence-corrected chi connectivity index (χ0v) is 17.7. The predicted octanol–water partition coefficient (Wildman–Crippen LogP) is 5.68. The Morgan fingerprint density at radius 2 is 1.96 bits per heavy atom. The van der Waals surface area contributed by atoms with E-state index in [4.69, 9.17) is 9.98 Å². The summed E-state index contributed by atoms with van der Waals surface area (Å²) in [5.74, 6) is 0.332. The van der Waals surface area contributed by atoms with Crippen LogP contribution in [-0.4, -0.2) is 28.1 Å². The zero-order valence-electron chi connectivity index (χ0n) is 16.1. The van der Waals surface area contributed by atoms with Crippen LogP contribution >= 0.6 is 23.1 Å². The van der Waals surface area contributed by atoms with Gasteiger partial charge in [0.25, 0.3) is 0 Å². The zero-order chi connectivity index (χ0) is 19.4. The summed E-state index contributed by atoms with van der Waals surface area (Å²) >= 11 is 3.20. The Labute approximate surface area is 174 Å². The second kappa shape index (κ2) is 8.62. The van der Waals surface area contributed by atoms with Crippen LogP contribution in [0.5, 0.6) is 0 Å². The SMILES string of the molecule is Cc1cccc(NC(=O)CSC2=NC3(CCCCCC3)N=C2c2cccs2)c1. The minimum Gasteiger partial charge on any atom is -0.325 e. The molecule has 0 atom stereocenters. The third-order valence-corrected chi connectivity index (χ3v) is 6.97. The Kier molecular flexibility index (Phi) is 5.97. The Balaban J connectivity index is 1.48. The van der Waals surface area contributed by atoms with Crippen LogP contribution in [0.2, 0.25) is 0 Å². The molecular formula is C22H25N3OS2. The number of benzene rings is 1. The molecular weight excluding hydrogens is 386 g/mol. The highest BCUT2D eigenvalue weighted by atomic mass is 32.2. The van der Waals surface area contributed by atoms with E-state index in [-0.39, 0.29) is 11.6 Å². The third kappa shape index (κ3) is 4.55. The molecule has 0 unspecified atom stereocenters. The van der Waals surface area contributed by atoms with Gasteiger partial charge < -0.3 is 5.32 Å². The fourth-order valence-electron chi connectivity index (χ4n) is 3.77. The van der Waals surface area contributed by atoms with Crippen molar-refractivity contribution >= 4 is 45.4 Å². The molecule has 1 aromatic heterocycles. The minimum atomic E-state index is -0.300. The van der Waals surface area contributed by atoms with E-state index in [0.717, 1.165) is 39.7 Å². The molecule has 0 radical (unpaired) electrons. The fourth-order valence-corrected chi connectivity index (χ4v) is 5.42. The lowest BCUT2D eigenvalue weighted by molar-refractivity contribution is -0.113. The lowest BCUT2D eigenvalue weighted by atomic mass is 10.0. The summed E-state index contributed by atoms with van der Waals surface area (Å²) < 4.78 is 0. The molecule has 2 aliphatic rings. The van der Waals surface area contributed by atoms with Crippen LogP contribution in [0.15, 0.2) is 51.8 Å². The van der Waals surface area contributed by atoms with Gasteiger partial charge in [-0.1, -0.05) is 42.8 Å². The first kappa shape index (κ1) is 19.4. The average molecular weight is 412 g/mol. The van der Waals surface area contributed by atoms with Gasteiger partial charge in [-0.05, 0) is 61.7 Å². The highest BCUT2D eigenvalue weighted by molar-refractivity contribution is 8.16. The lowest BCUT2D eigenvalue weighted by Crippen LogP contribution is -2.20. The van der Waals surface area contributed by atoms with Gasteiger partial charge in [-0.25, -0.2) is 4.99 Å². The molecule has 1 spiro atoms. The normalized spacial score (nSPS) is 18.5. The summed E-state index contributed by atoms with van der Waals surface area (Å²) in [6, 6.07) is 12.0. The largest absolute Gasteiger partial charge is 0.325 e. The second-order valence-corrected chi connectivity index (χ2v) is 9.37. The molecule has 1 aliphatic heterocycles. The van der Waals surface area contributed by atoms with Gasteiger partial charge in [0.15, 0.2) is 5.66 Å². The summed E-state index contributed by atoms with van der Waals surface area (Å²) in [5, 5.41) is 5.98. The van der Waals surface area contributed by atoms with Crippen LogP contribution in [0.3, 0.4) is 0 Å². The van der Waals surface area contributed by atoms with Gasteiger partial charge in [0.2, 0.25) is 5.91 Å². The number of hydrogen-bond donors (Lipinski definition) is 1. The van der Waals surface area contributed by atoms with Crippen LogP contribution in [-0.2, 0) is 4.79 Å². The number of aryl methyl sites for hydroxylation is 1. The number of thiophene rings is 1. The van der Waals surface area contributed by atoms with E-state index in [2.05, 4.69) is 16.8 Å². The van der Waals surface area contributed by atoms with Gasteiger partial charge >= 0.3 is 0 Å². The molecule has 1 saturated carbocycles. The molecule has 1 aromatic carbocycles. The van der Waals surface area contributed by atoms with Gasteiger partial charge in [0, 0.05) is 5.69 Å². The molecule has 1 aliphatic carbocycles. The van der Waals surface area contributed by atoms with E-state index in [0.29, 0.717) is 5.75 Å². The van der Waals surface area contributed by atoms with Crippen molar-refractivity contribution in [2.45, 2.75) is 51.1 Å². The number of hydrogen-bond acceptors (Lipinski definition) is 5. The van der Waals surface area contributed by atoms with Crippen molar-refractivity contribution < 1.29 is 4.79 Å². The van der Waals surface area contributed by atoms with Gasteiger partial charge in [0.1, 0.15) is 10.8 Å². The Bertz CT molecular complexity index is 894. The summed E-state index contributed by atoms with van der Waals surface area (Å²) in [5.41, 5.74) is 2.65. The molecule has 28 heavy (non-hydrogen) atoms. The van der Waals surface area contributed by atoms with Gasteiger partial charge in [-0.15, -0.1) is 11.3 Å². The molecule has 0 saturated heterocycles. The maximum atomic E-state index is 12.5. The number of nitrogens with one attached hydrogen (secondary N) is 1. The van der Waals surface area contributed by atoms with E-state index in [1.807, 2.05) is 37.3 Å². The van der Waals surface area contributed by atoms with Crippen LogP contribution < -0.4 is 5.32 Å². The van der Waals surface area contributed by atoms with Crippen molar-refractivity contribution in [1.29, 1.82) is 0 Å². The monoisotopic (exact) mass is 411 g/mol. The molecule has 1 fully saturated rings. The van der Waals surface area contributed by atoms with Crippen molar-refractivity contribution in [2.75, 3.05) is 11.1 Å². The Morgan fingerprint density at radius 1 is 1.14 bits per heavy atom. The van der Waals surface area contributed by atoms with E-state index < -0.39 is 0 Å². The van der Waals surface area contributed by atoms with Crippen LogP contribution in [0.25, 0.3) is 0 Å². The molecule has 2 heterocycles. The maximum Gasteiger partial charge on any atom is 0.234 e. The third-order valence-electron chi connectivity index (χ3n) is 5.13. The summed E-state index contributed by atoms with van der Waals surface area (Å²) in [6.07, 6.45) is 6.92. The summed E-state index contributed by atoms with van der Waals surface area (Å²) in [7, 11) is 0. The first-order valence-electron chi connectivity index (χ1n) is 9.87. The topological polar surface area (TPSA) is 53.8 Å². The molecule has 2 aromatic rings. The first-order valence-corrected chi connectivity index (χ1v) is 11.7. The number of anilines is 1.